The van der Waals surface area contributed by atoms with Gasteiger partial charge >= 0.3 is 0 Å². The number of amides is 1. The van der Waals surface area contributed by atoms with Crippen molar-refractivity contribution in [3.05, 3.63) is 72.8 Å². The molecule has 0 saturated carbocycles. The van der Waals surface area contributed by atoms with Crippen LogP contribution >= 0.6 is 0 Å². The molecule has 0 aliphatic carbocycles. The number of nitrogens with one attached hydrogen (secondary N) is 1. The molecule has 0 bridgehead atoms. The van der Waals surface area contributed by atoms with Gasteiger partial charge in [-0.1, -0.05) is 6.07 Å². The lowest BCUT2D eigenvalue weighted by Gasteiger charge is -2.08. The van der Waals surface area contributed by atoms with Crippen molar-refractivity contribution in [2.24, 2.45) is 0 Å². The number of carbonyl (C=O) groups excluding carboxylic acids is 1. The van der Waals surface area contributed by atoms with Crippen LogP contribution in [0, 0.1) is 0 Å². The zero-order valence-corrected chi connectivity index (χ0v) is 12.8. The van der Waals surface area contributed by atoms with E-state index in [1.54, 1.807) is 54.9 Å². The molecule has 0 aliphatic heterocycles. The van der Waals surface area contributed by atoms with Crippen molar-refractivity contribution in [1.29, 1.82) is 0 Å². The first kappa shape index (κ1) is 15.6. The Labute approximate surface area is 139 Å². The first-order valence-corrected chi connectivity index (χ1v) is 7.40. The van der Waals surface area contributed by atoms with Gasteiger partial charge in [0.05, 0.1) is 12.8 Å². The van der Waals surface area contributed by atoms with Crippen LogP contribution in [0.3, 0.4) is 0 Å². The molecule has 0 unspecified atom stereocenters. The van der Waals surface area contributed by atoms with Crippen molar-refractivity contribution >= 4 is 5.91 Å². The zero-order valence-electron chi connectivity index (χ0n) is 12.8. The minimum Gasteiger partial charge on any atom is -0.484 e. The van der Waals surface area contributed by atoms with E-state index in [1.165, 1.54) is 0 Å². The minimum absolute atomic E-state index is 0.0683. The molecule has 6 heteroatoms. The third-order valence-corrected chi connectivity index (χ3v) is 3.09. The van der Waals surface area contributed by atoms with Crippen LogP contribution in [0.1, 0.15) is 5.76 Å². The first-order valence-electron chi connectivity index (χ1n) is 7.40. The van der Waals surface area contributed by atoms with Crippen molar-refractivity contribution in [1.82, 2.24) is 10.3 Å². The molecular weight excluding hydrogens is 308 g/mol. The second-order valence-corrected chi connectivity index (χ2v) is 4.89. The molecule has 0 aliphatic rings. The molecule has 1 N–H and O–H groups in total. The molecule has 122 valence electrons. The molecule has 1 amide bonds. The van der Waals surface area contributed by atoms with E-state index in [-0.39, 0.29) is 12.5 Å². The molecule has 2 aromatic heterocycles. The van der Waals surface area contributed by atoms with Crippen LogP contribution < -0.4 is 14.8 Å². The van der Waals surface area contributed by atoms with E-state index in [0.29, 0.717) is 29.7 Å². The van der Waals surface area contributed by atoms with E-state index in [9.17, 15) is 4.79 Å². The van der Waals surface area contributed by atoms with Gasteiger partial charge in [-0.15, -0.1) is 0 Å². The Balaban J connectivity index is 1.45. The van der Waals surface area contributed by atoms with E-state index in [4.69, 9.17) is 13.9 Å². The Bertz CT molecular complexity index is 755. The average Bonchev–Trinajstić information content (AvgIpc) is 3.14. The lowest BCUT2D eigenvalue weighted by atomic mass is 10.3. The predicted molar refractivity (Wildman–Crippen MR) is 86.8 cm³/mol. The molecule has 3 rings (SSSR count). The number of aromatic nitrogens is 1. The maximum Gasteiger partial charge on any atom is 0.258 e. The Morgan fingerprint density at radius 3 is 2.58 bits per heavy atom. The van der Waals surface area contributed by atoms with Gasteiger partial charge in [0.15, 0.2) is 6.61 Å². The number of pyridine rings is 1. The van der Waals surface area contributed by atoms with Gasteiger partial charge in [0.2, 0.25) is 5.88 Å². The van der Waals surface area contributed by atoms with Crippen LogP contribution in [0.5, 0.6) is 17.4 Å². The number of carbonyl (C=O) groups is 1. The summed E-state index contributed by atoms with van der Waals surface area (Å²) in [5, 5.41) is 2.71. The summed E-state index contributed by atoms with van der Waals surface area (Å²) in [7, 11) is 0. The summed E-state index contributed by atoms with van der Waals surface area (Å²) in [6.07, 6.45) is 3.22. The summed E-state index contributed by atoms with van der Waals surface area (Å²) in [6, 6.07) is 16.0. The summed E-state index contributed by atoms with van der Waals surface area (Å²) >= 11 is 0. The Kier molecular flexibility index (Phi) is 5.09. The second-order valence-electron chi connectivity index (χ2n) is 4.89. The molecule has 6 nitrogen and oxygen atoms in total. The highest BCUT2D eigenvalue weighted by Gasteiger charge is 2.05. The van der Waals surface area contributed by atoms with Crippen molar-refractivity contribution in [2.75, 3.05) is 6.61 Å². The second kappa shape index (κ2) is 7.82. The van der Waals surface area contributed by atoms with E-state index >= 15 is 0 Å². The molecule has 3 aromatic rings. The molecule has 0 atom stereocenters. The quantitative estimate of drug-likeness (QED) is 0.722. The van der Waals surface area contributed by atoms with Gasteiger partial charge in [-0.25, -0.2) is 4.98 Å². The number of ether oxygens (including phenoxy) is 2. The van der Waals surface area contributed by atoms with E-state index in [1.807, 2.05) is 12.1 Å². The largest absolute Gasteiger partial charge is 0.484 e. The number of hydrogen-bond acceptors (Lipinski definition) is 5. The molecule has 0 spiro atoms. The fourth-order valence-electron chi connectivity index (χ4n) is 1.93. The normalized spacial score (nSPS) is 10.2. The van der Waals surface area contributed by atoms with Crippen LogP contribution in [-0.4, -0.2) is 17.5 Å². The smallest absolute Gasteiger partial charge is 0.258 e. The van der Waals surface area contributed by atoms with Gasteiger partial charge in [0, 0.05) is 12.3 Å². The summed E-state index contributed by atoms with van der Waals surface area (Å²) in [6.45, 7) is 0.271. The molecule has 0 fully saturated rings. The standard InChI is InChI=1S/C18H16N2O4/c21-17(20-12-16-4-3-11-22-16)13-23-14-6-8-15(9-7-14)24-18-5-1-2-10-19-18/h1-11H,12-13H2,(H,20,21). The van der Waals surface area contributed by atoms with E-state index in [0.717, 1.165) is 0 Å². The summed E-state index contributed by atoms with van der Waals surface area (Å²) in [5.74, 6) is 2.21. The van der Waals surface area contributed by atoms with E-state index in [2.05, 4.69) is 10.3 Å². The van der Waals surface area contributed by atoms with Gasteiger partial charge < -0.3 is 19.2 Å². The summed E-state index contributed by atoms with van der Waals surface area (Å²) in [5.41, 5.74) is 0. The Morgan fingerprint density at radius 1 is 1.04 bits per heavy atom. The fourth-order valence-corrected chi connectivity index (χ4v) is 1.93. The monoisotopic (exact) mass is 324 g/mol. The molecule has 24 heavy (non-hydrogen) atoms. The van der Waals surface area contributed by atoms with Crippen LogP contribution in [0.15, 0.2) is 71.5 Å². The van der Waals surface area contributed by atoms with Gasteiger partial charge in [-0.3, -0.25) is 4.79 Å². The third-order valence-electron chi connectivity index (χ3n) is 3.09. The number of rotatable bonds is 7. The van der Waals surface area contributed by atoms with Crippen LogP contribution in [-0.2, 0) is 11.3 Å². The maximum atomic E-state index is 11.7. The van der Waals surface area contributed by atoms with Crippen LogP contribution in [0.25, 0.3) is 0 Å². The number of benzene rings is 1. The predicted octanol–water partition coefficient (Wildman–Crippen LogP) is 3.16. The van der Waals surface area contributed by atoms with Gasteiger partial charge in [-0.2, -0.15) is 0 Å². The van der Waals surface area contributed by atoms with Gasteiger partial charge in [0.25, 0.3) is 5.91 Å². The van der Waals surface area contributed by atoms with Crippen LogP contribution in [0.4, 0.5) is 0 Å². The van der Waals surface area contributed by atoms with Crippen molar-refractivity contribution < 1.29 is 18.7 Å². The van der Waals surface area contributed by atoms with Gasteiger partial charge in [-0.05, 0) is 42.5 Å². The summed E-state index contributed by atoms with van der Waals surface area (Å²) in [4.78, 5) is 15.8. The fraction of sp³-hybridized carbons (Fsp3) is 0.111. The Hall–Kier alpha value is -3.28. The average molecular weight is 324 g/mol. The minimum atomic E-state index is -0.222. The number of furan rings is 1. The third kappa shape index (κ3) is 4.61. The highest BCUT2D eigenvalue weighted by Crippen LogP contribution is 2.22. The maximum absolute atomic E-state index is 11.7. The van der Waals surface area contributed by atoms with Crippen molar-refractivity contribution in [3.8, 4) is 17.4 Å². The highest BCUT2D eigenvalue weighted by atomic mass is 16.5. The molecule has 2 heterocycles. The van der Waals surface area contributed by atoms with Gasteiger partial charge in [0.1, 0.15) is 17.3 Å². The zero-order chi connectivity index (χ0) is 16.6. The topological polar surface area (TPSA) is 73.6 Å². The lowest BCUT2D eigenvalue weighted by molar-refractivity contribution is -0.123. The molecular formula is C18H16N2O4. The molecule has 1 aromatic carbocycles. The van der Waals surface area contributed by atoms with Crippen molar-refractivity contribution in [3.63, 3.8) is 0 Å². The Morgan fingerprint density at radius 2 is 1.88 bits per heavy atom. The first-order chi connectivity index (χ1) is 11.8. The highest BCUT2D eigenvalue weighted by molar-refractivity contribution is 5.77. The number of nitrogens with zero attached hydrogens (tertiary/aromatic N) is 1. The molecule has 0 saturated heterocycles. The molecule has 0 radical (unpaired) electrons. The number of hydrogen-bond donors (Lipinski definition) is 1. The lowest BCUT2D eigenvalue weighted by Crippen LogP contribution is -2.28. The van der Waals surface area contributed by atoms with E-state index < -0.39 is 0 Å². The van der Waals surface area contributed by atoms with Crippen LogP contribution in [0.2, 0.25) is 0 Å². The van der Waals surface area contributed by atoms with Crippen molar-refractivity contribution in [2.45, 2.75) is 6.54 Å². The summed E-state index contributed by atoms with van der Waals surface area (Å²) < 4.78 is 16.1. The SMILES string of the molecule is O=C(COc1ccc(Oc2ccccn2)cc1)NCc1ccco1.